The molecular formula is C25H26N4O4S2. The molecule has 3 heterocycles. The van der Waals surface area contributed by atoms with Crippen LogP contribution < -0.4 is 10.2 Å². The van der Waals surface area contributed by atoms with Gasteiger partial charge in [-0.1, -0.05) is 18.2 Å². The molecule has 0 spiro atoms. The Labute approximate surface area is 208 Å². The van der Waals surface area contributed by atoms with Crippen LogP contribution in [0.15, 0.2) is 60.7 Å². The maximum atomic E-state index is 13.0. The Morgan fingerprint density at radius 3 is 2.40 bits per heavy atom. The zero-order valence-corrected chi connectivity index (χ0v) is 21.1. The number of carbonyl (C=O) groups is 1. The number of benzene rings is 2. The van der Waals surface area contributed by atoms with Crippen LogP contribution in [0.25, 0.3) is 15.9 Å². The Kier molecular flexibility index (Phi) is 6.35. The fourth-order valence-corrected chi connectivity index (χ4v) is 6.07. The Bertz CT molecular complexity index is 1450. The van der Waals surface area contributed by atoms with Crippen LogP contribution in [0.1, 0.15) is 28.2 Å². The second-order valence-corrected chi connectivity index (χ2v) is 11.3. The number of anilines is 2. The van der Waals surface area contributed by atoms with E-state index in [0.717, 1.165) is 33.5 Å². The molecule has 1 amide bonds. The second-order valence-electron chi connectivity index (χ2n) is 8.65. The summed E-state index contributed by atoms with van der Waals surface area (Å²) in [5.41, 5.74) is 3.59. The summed E-state index contributed by atoms with van der Waals surface area (Å²) in [6, 6.07) is 19.5. The molecular weight excluding hydrogens is 484 g/mol. The Hall–Kier alpha value is -3.21. The predicted octanol–water partition coefficient (Wildman–Crippen LogP) is 4.59. The van der Waals surface area contributed by atoms with E-state index in [1.165, 1.54) is 11.3 Å². The molecule has 35 heavy (non-hydrogen) atoms. The van der Waals surface area contributed by atoms with Gasteiger partial charge in [0, 0.05) is 29.9 Å². The number of thiophene rings is 1. The summed E-state index contributed by atoms with van der Waals surface area (Å²) < 4.78 is 29.7. The van der Waals surface area contributed by atoms with E-state index in [1.807, 2.05) is 72.3 Å². The number of para-hydroxylation sites is 1. The monoisotopic (exact) mass is 510 g/mol. The van der Waals surface area contributed by atoms with Gasteiger partial charge < -0.3 is 10.2 Å². The van der Waals surface area contributed by atoms with Crippen molar-refractivity contribution in [2.24, 2.45) is 0 Å². The van der Waals surface area contributed by atoms with Crippen LogP contribution in [0.4, 0.5) is 11.4 Å². The molecule has 2 aromatic carbocycles. The van der Waals surface area contributed by atoms with Gasteiger partial charge in [0.25, 0.3) is 16.0 Å². The molecule has 0 radical (unpaired) electrons. The largest absolute Gasteiger partial charge is 0.371 e. The minimum Gasteiger partial charge on any atom is -0.371 e. The minimum absolute atomic E-state index is 0.156. The lowest BCUT2D eigenvalue weighted by atomic mass is 10.1. The second kappa shape index (κ2) is 9.44. The first-order chi connectivity index (χ1) is 16.8. The van der Waals surface area contributed by atoms with Gasteiger partial charge in [-0.05, 0) is 62.2 Å². The summed E-state index contributed by atoms with van der Waals surface area (Å²) in [4.78, 5) is 16.7. The van der Waals surface area contributed by atoms with Crippen molar-refractivity contribution in [1.82, 2.24) is 9.78 Å². The molecule has 5 rings (SSSR count). The lowest BCUT2D eigenvalue weighted by Gasteiger charge is -2.33. The first-order valence-corrected chi connectivity index (χ1v) is 14.0. The third-order valence-electron chi connectivity index (χ3n) is 6.01. The molecule has 0 unspecified atom stereocenters. The van der Waals surface area contributed by atoms with Crippen LogP contribution >= 0.6 is 11.3 Å². The maximum Gasteiger partial charge on any atom is 0.265 e. The molecule has 2 aromatic heterocycles. The van der Waals surface area contributed by atoms with E-state index in [4.69, 9.17) is 4.18 Å². The number of aromatic nitrogens is 2. The van der Waals surface area contributed by atoms with Crippen molar-refractivity contribution in [3.05, 3.63) is 71.2 Å². The van der Waals surface area contributed by atoms with E-state index in [0.29, 0.717) is 36.5 Å². The van der Waals surface area contributed by atoms with Crippen LogP contribution in [0.2, 0.25) is 0 Å². The van der Waals surface area contributed by atoms with Gasteiger partial charge in [0.2, 0.25) is 0 Å². The third kappa shape index (κ3) is 5.24. The molecule has 0 aliphatic carbocycles. The van der Waals surface area contributed by atoms with E-state index in [-0.39, 0.29) is 12.0 Å². The van der Waals surface area contributed by atoms with Gasteiger partial charge in [-0.25, -0.2) is 4.68 Å². The highest BCUT2D eigenvalue weighted by Crippen LogP contribution is 2.31. The molecule has 1 saturated heterocycles. The number of piperidine rings is 1. The fourth-order valence-electron chi connectivity index (χ4n) is 4.31. The normalized spacial score (nSPS) is 15.0. The SMILES string of the molecule is Cc1nn(-c2ccccc2)c2sc(C(=O)Nc3ccc(N4CCC(OS(C)(=O)=O)CC4)cc3)cc12. The first-order valence-electron chi connectivity index (χ1n) is 11.4. The summed E-state index contributed by atoms with van der Waals surface area (Å²) in [6.07, 6.45) is 2.12. The number of rotatable bonds is 6. The molecule has 10 heteroatoms. The maximum absolute atomic E-state index is 13.0. The highest BCUT2D eigenvalue weighted by molar-refractivity contribution is 7.86. The van der Waals surface area contributed by atoms with Crippen LogP contribution in [0, 0.1) is 6.92 Å². The topological polar surface area (TPSA) is 93.5 Å². The van der Waals surface area contributed by atoms with Crippen LogP contribution in [0.3, 0.4) is 0 Å². The van der Waals surface area contributed by atoms with E-state index >= 15 is 0 Å². The van der Waals surface area contributed by atoms with Crippen molar-refractivity contribution in [3.63, 3.8) is 0 Å². The first kappa shape index (κ1) is 23.5. The summed E-state index contributed by atoms with van der Waals surface area (Å²) in [5, 5.41) is 8.60. The van der Waals surface area contributed by atoms with Crippen LogP contribution in [0.5, 0.6) is 0 Å². The number of nitrogens with zero attached hydrogens (tertiary/aromatic N) is 3. The van der Waals surface area contributed by atoms with Crippen molar-refractivity contribution in [2.45, 2.75) is 25.9 Å². The van der Waals surface area contributed by atoms with Crippen molar-refractivity contribution in [3.8, 4) is 5.69 Å². The molecule has 1 fully saturated rings. The van der Waals surface area contributed by atoms with E-state index in [1.54, 1.807) is 0 Å². The zero-order valence-electron chi connectivity index (χ0n) is 19.5. The van der Waals surface area contributed by atoms with Crippen molar-refractivity contribution < 1.29 is 17.4 Å². The molecule has 1 aliphatic rings. The number of carbonyl (C=O) groups excluding carboxylic acids is 1. The van der Waals surface area contributed by atoms with Crippen LogP contribution in [-0.2, 0) is 14.3 Å². The molecule has 8 nitrogen and oxygen atoms in total. The summed E-state index contributed by atoms with van der Waals surface area (Å²) in [6.45, 7) is 3.38. The van der Waals surface area contributed by atoms with E-state index in [2.05, 4.69) is 15.3 Å². The highest BCUT2D eigenvalue weighted by atomic mass is 32.2. The quantitative estimate of drug-likeness (QED) is 0.381. The number of aryl methyl sites for hydroxylation is 1. The minimum atomic E-state index is -3.43. The van der Waals surface area contributed by atoms with Gasteiger partial charge in [-0.15, -0.1) is 11.3 Å². The van der Waals surface area contributed by atoms with E-state index < -0.39 is 10.1 Å². The number of hydrogen-bond acceptors (Lipinski definition) is 7. The standard InChI is InChI=1S/C25H26N4O4S2/c1-17-22-16-23(34-25(22)29(27-17)20-6-4-3-5-7-20)24(30)26-18-8-10-19(11-9-18)28-14-12-21(13-15-28)33-35(2,31)32/h3-11,16,21H,12-15H2,1-2H3,(H,26,30). The average Bonchev–Trinajstić information content (AvgIpc) is 3.40. The third-order valence-corrected chi connectivity index (χ3v) is 7.74. The lowest BCUT2D eigenvalue weighted by molar-refractivity contribution is 0.103. The summed E-state index contributed by atoms with van der Waals surface area (Å²) in [5.74, 6) is -0.156. The Morgan fingerprint density at radius 1 is 1.06 bits per heavy atom. The van der Waals surface area contributed by atoms with Gasteiger partial charge in [0.05, 0.1) is 28.6 Å². The van der Waals surface area contributed by atoms with Crippen molar-refractivity contribution in [1.29, 1.82) is 0 Å². The van der Waals surface area contributed by atoms with Crippen LogP contribution in [-0.4, -0.2) is 49.6 Å². The number of amides is 1. The van der Waals surface area contributed by atoms with Gasteiger partial charge in [-0.3, -0.25) is 8.98 Å². The summed E-state index contributed by atoms with van der Waals surface area (Å²) in [7, 11) is -3.43. The lowest BCUT2D eigenvalue weighted by Crippen LogP contribution is -2.37. The number of fused-ring (bicyclic) bond motifs is 1. The van der Waals surface area contributed by atoms with Crippen molar-refractivity contribution in [2.75, 3.05) is 29.6 Å². The molecule has 0 saturated carbocycles. The van der Waals surface area contributed by atoms with Gasteiger partial charge >= 0.3 is 0 Å². The predicted molar refractivity (Wildman–Crippen MR) is 139 cm³/mol. The van der Waals surface area contributed by atoms with E-state index in [9.17, 15) is 13.2 Å². The molecule has 0 atom stereocenters. The molecule has 1 N–H and O–H groups in total. The smallest absolute Gasteiger partial charge is 0.265 e. The van der Waals surface area contributed by atoms with Gasteiger partial charge in [0.1, 0.15) is 4.83 Å². The fraction of sp³-hybridized carbons (Fsp3) is 0.280. The Morgan fingerprint density at radius 2 is 1.74 bits per heavy atom. The molecule has 0 bridgehead atoms. The average molecular weight is 511 g/mol. The highest BCUT2D eigenvalue weighted by Gasteiger charge is 2.23. The number of hydrogen-bond donors (Lipinski definition) is 1. The zero-order chi connectivity index (χ0) is 24.6. The molecule has 4 aromatic rings. The molecule has 182 valence electrons. The van der Waals surface area contributed by atoms with Gasteiger partial charge in [-0.2, -0.15) is 13.5 Å². The molecule has 1 aliphatic heterocycles. The van der Waals surface area contributed by atoms with Gasteiger partial charge in [0.15, 0.2) is 0 Å². The number of nitrogens with one attached hydrogen (secondary N) is 1. The van der Waals surface area contributed by atoms with Crippen molar-refractivity contribution >= 4 is 49.0 Å². The Balaban J connectivity index is 1.25. The summed E-state index contributed by atoms with van der Waals surface area (Å²) >= 11 is 1.42.